The third-order valence-corrected chi connectivity index (χ3v) is 3.23. The molecule has 0 radical (unpaired) electrons. The van der Waals surface area contributed by atoms with Crippen molar-refractivity contribution in [3.05, 3.63) is 59.5 Å². The molecule has 0 amide bonds. The van der Waals surface area contributed by atoms with Crippen LogP contribution in [0, 0.1) is 11.3 Å². The molecule has 0 bridgehead atoms. The SMILES string of the molecule is COc1ccc2c(C(=O)c3cccc(C#N)n3)c[nH]c2c1. The number of ketones is 1. The molecule has 0 fully saturated rings. The molecule has 2 aromatic heterocycles. The number of ether oxygens (including phenoxy) is 1. The van der Waals surface area contributed by atoms with Crippen molar-refractivity contribution in [2.75, 3.05) is 7.11 Å². The van der Waals surface area contributed by atoms with E-state index in [9.17, 15) is 4.79 Å². The van der Waals surface area contributed by atoms with Gasteiger partial charge in [-0.3, -0.25) is 4.79 Å². The molecule has 1 aromatic carbocycles. The second kappa shape index (κ2) is 5.10. The van der Waals surface area contributed by atoms with Gasteiger partial charge in [0.25, 0.3) is 0 Å². The Morgan fingerprint density at radius 1 is 1.33 bits per heavy atom. The number of nitrogens with one attached hydrogen (secondary N) is 1. The maximum Gasteiger partial charge on any atom is 0.213 e. The van der Waals surface area contributed by atoms with E-state index in [1.54, 1.807) is 37.6 Å². The lowest BCUT2D eigenvalue weighted by Crippen LogP contribution is -2.04. The van der Waals surface area contributed by atoms with E-state index in [0.29, 0.717) is 11.3 Å². The molecule has 0 saturated heterocycles. The van der Waals surface area contributed by atoms with Crippen LogP contribution in [0.15, 0.2) is 42.6 Å². The summed E-state index contributed by atoms with van der Waals surface area (Å²) in [5, 5.41) is 9.66. The molecule has 0 aliphatic heterocycles. The quantitative estimate of drug-likeness (QED) is 0.746. The predicted octanol–water partition coefficient (Wildman–Crippen LogP) is 2.67. The van der Waals surface area contributed by atoms with Crippen molar-refractivity contribution < 1.29 is 9.53 Å². The number of hydrogen-bond donors (Lipinski definition) is 1. The van der Waals surface area contributed by atoms with E-state index in [1.807, 2.05) is 18.2 Å². The minimum Gasteiger partial charge on any atom is -0.497 e. The number of aromatic nitrogens is 2. The Morgan fingerprint density at radius 2 is 2.19 bits per heavy atom. The highest BCUT2D eigenvalue weighted by Gasteiger charge is 2.16. The fraction of sp³-hybridized carbons (Fsp3) is 0.0625. The lowest BCUT2D eigenvalue weighted by atomic mass is 10.1. The first-order valence-electron chi connectivity index (χ1n) is 6.30. The molecule has 0 aliphatic carbocycles. The third-order valence-electron chi connectivity index (χ3n) is 3.23. The van der Waals surface area contributed by atoms with Gasteiger partial charge in [-0.25, -0.2) is 4.98 Å². The number of rotatable bonds is 3. The molecular weight excluding hydrogens is 266 g/mol. The van der Waals surface area contributed by atoms with Gasteiger partial charge in [0.1, 0.15) is 23.2 Å². The van der Waals surface area contributed by atoms with Crippen molar-refractivity contribution in [2.45, 2.75) is 0 Å². The number of benzene rings is 1. The van der Waals surface area contributed by atoms with Crippen molar-refractivity contribution in [3.8, 4) is 11.8 Å². The average molecular weight is 277 g/mol. The van der Waals surface area contributed by atoms with E-state index in [4.69, 9.17) is 10.00 Å². The summed E-state index contributed by atoms with van der Waals surface area (Å²) in [5.74, 6) is 0.497. The molecule has 0 aliphatic rings. The Bertz CT molecular complexity index is 875. The molecule has 21 heavy (non-hydrogen) atoms. The van der Waals surface area contributed by atoms with Crippen LogP contribution in [-0.4, -0.2) is 22.9 Å². The highest BCUT2D eigenvalue weighted by molar-refractivity contribution is 6.15. The monoisotopic (exact) mass is 277 g/mol. The van der Waals surface area contributed by atoms with Crippen molar-refractivity contribution in [3.63, 3.8) is 0 Å². The van der Waals surface area contributed by atoms with Gasteiger partial charge < -0.3 is 9.72 Å². The zero-order valence-electron chi connectivity index (χ0n) is 11.3. The van der Waals surface area contributed by atoms with Crippen molar-refractivity contribution in [1.29, 1.82) is 5.26 Å². The number of nitrogens with zero attached hydrogens (tertiary/aromatic N) is 2. The summed E-state index contributed by atoms with van der Waals surface area (Å²) in [6, 6.07) is 12.2. The number of H-pyrrole nitrogens is 1. The molecule has 3 aromatic rings. The number of pyridine rings is 1. The third kappa shape index (κ3) is 2.23. The van der Waals surface area contributed by atoms with Gasteiger partial charge in [-0.2, -0.15) is 5.26 Å². The number of carbonyl (C=O) groups is 1. The van der Waals surface area contributed by atoms with Crippen molar-refractivity contribution >= 4 is 16.7 Å². The largest absolute Gasteiger partial charge is 0.497 e. The summed E-state index contributed by atoms with van der Waals surface area (Å²) in [5.41, 5.74) is 1.82. The van der Waals surface area contributed by atoms with Crippen LogP contribution in [0.5, 0.6) is 5.75 Å². The molecular formula is C16H11N3O2. The average Bonchev–Trinajstić information content (AvgIpc) is 2.97. The van der Waals surface area contributed by atoms with Gasteiger partial charge in [0, 0.05) is 28.7 Å². The molecule has 0 unspecified atom stereocenters. The second-order valence-corrected chi connectivity index (χ2v) is 4.46. The first-order valence-corrected chi connectivity index (χ1v) is 6.30. The van der Waals surface area contributed by atoms with Gasteiger partial charge in [-0.1, -0.05) is 6.07 Å². The number of nitriles is 1. The van der Waals surface area contributed by atoms with Gasteiger partial charge in [-0.05, 0) is 24.3 Å². The standard InChI is InChI=1S/C16H11N3O2/c1-21-11-5-6-12-13(9-18-15(12)7-11)16(20)14-4-2-3-10(8-17)19-14/h2-7,9,18H,1H3. The maximum atomic E-state index is 12.5. The topological polar surface area (TPSA) is 78.8 Å². The summed E-state index contributed by atoms with van der Waals surface area (Å²) in [6.07, 6.45) is 1.65. The summed E-state index contributed by atoms with van der Waals surface area (Å²) in [7, 11) is 1.59. The van der Waals surface area contributed by atoms with E-state index in [-0.39, 0.29) is 17.2 Å². The normalized spacial score (nSPS) is 10.3. The molecule has 102 valence electrons. The molecule has 0 saturated carbocycles. The van der Waals surface area contributed by atoms with Crippen LogP contribution in [0.1, 0.15) is 21.7 Å². The number of hydrogen-bond acceptors (Lipinski definition) is 4. The van der Waals surface area contributed by atoms with E-state index in [2.05, 4.69) is 9.97 Å². The Kier molecular flexibility index (Phi) is 3.13. The summed E-state index contributed by atoms with van der Waals surface area (Å²) >= 11 is 0. The molecule has 0 spiro atoms. The fourth-order valence-electron chi connectivity index (χ4n) is 2.18. The van der Waals surface area contributed by atoms with Gasteiger partial charge in [0.15, 0.2) is 0 Å². The molecule has 3 rings (SSSR count). The first-order chi connectivity index (χ1) is 10.2. The molecule has 1 N–H and O–H groups in total. The summed E-state index contributed by atoms with van der Waals surface area (Å²) < 4.78 is 5.15. The van der Waals surface area contributed by atoms with Gasteiger partial charge in [0.2, 0.25) is 5.78 Å². The molecule has 5 heteroatoms. The minimum absolute atomic E-state index is 0.219. The number of methoxy groups -OCH3 is 1. The van der Waals surface area contributed by atoms with Crippen LogP contribution >= 0.6 is 0 Å². The summed E-state index contributed by atoms with van der Waals surface area (Å²) in [6.45, 7) is 0. The number of carbonyl (C=O) groups excluding carboxylic acids is 1. The Morgan fingerprint density at radius 3 is 2.95 bits per heavy atom. The molecule has 0 atom stereocenters. The molecule has 2 heterocycles. The maximum absolute atomic E-state index is 12.5. The predicted molar refractivity (Wildman–Crippen MR) is 77.2 cm³/mol. The van der Waals surface area contributed by atoms with E-state index < -0.39 is 0 Å². The van der Waals surface area contributed by atoms with E-state index >= 15 is 0 Å². The highest BCUT2D eigenvalue weighted by atomic mass is 16.5. The smallest absolute Gasteiger partial charge is 0.213 e. The van der Waals surface area contributed by atoms with Crippen LogP contribution in [0.4, 0.5) is 0 Å². The van der Waals surface area contributed by atoms with Gasteiger partial charge >= 0.3 is 0 Å². The second-order valence-electron chi connectivity index (χ2n) is 4.46. The van der Waals surface area contributed by atoms with Crippen LogP contribution in [0.3, 0.4) is 0 Å². The Labute approximate surface area is 120 Å². The minimum atomic E-state index is -0.219. The zero-order valence-corrected chi connectivity index (χ0v) is 11.3. The number of aromatic amines is 1. The number of fused-ring (bicyclic) bond motifs is 1. The lowest BCUT2D eigenvalue weighted by molar-refractivity contribution is 0.103. The van der Waals surface area contributed by atoms with Crippen molar-refractivity contribution in [1.82, 2.24) is 9.97 Å². The highest BCUT2D eigenvalue weighted by Crippen LogP contribution is 2.24. The van der Waals surface area contributed by atoms with Crippen LogP contribution in [-0.2, 0) is 0 Å². The zero-order chi connectivity index (χ0) is 14.8. The lowest BCUT2D eigenvalue weighted by Gasteiger charge is -2.01. The van der Waals surface area contributed by atoms with Crippen LogP contribution < -0.4 is 4.74 Å². The summed E-state index contributed by atoms with van der Waals surface area (Å²) in [4.78, 5) is 19.6. The molecule has 5 nitrogen and oxygen atoms in total. The van der Waals surface area contributed by atoms with Gasteiger partial charge in [-0.15, -0.1) is 0 Å². The fourth-order valence-corrected chi connectivity index (χ4v) is 2.18. The van der Waals surface area contributed by atoms with E-state index in [0.717, 1.165) is 10.9 Å². The van der Waals surface area contributed by atoms with Crippen molar-refractivity contribution in [2.24, 2.45) is 0 Å². The van der Waals surface area contributed by atoms with E-state index in [1.165, 1.54) is 0 Å². The van der Waals surface area contributed by atoms with Crippen LogP contribution in [0.25, 0.3) is 10.9 Å². The Hall–Kier alpha value is -3.13. The Balaban J connectivity index is 2.07. The van der Waals surface area contributed by atoms with Crippen LogP contribution in [0.2, 0.25) is 0 Å². The first kappa shape index (κ1) is 12.9. The van der Waals surface area contributed by atoms with Gasteiger partial charge in [0.05, 0.1) is 7.11 Å².